The molecule has 0 saturated carbocycles. The summed E-state index contributed by atoms with van der Waals surface area (Å²) in [5.74, 6) is 0.830. The van der Waals surface area contributed by atoms with Gasteiger partial charge in [-0.15, -0.1) is 0 Å². The molecule has 1 rings (SSSR count). The number of carbonyl (C=O) groups excluding carboxylic acids is 1. The van der Waals surface area contributed by atoms with Crippen molar-refractivity contribution in [2.45, 2.75) is 25.8 Å². The summed E-state index contributed by atoms with van der Waals surface area (Å²) in [7, 11) is 3.42. The zero-order valence-electron chi connectivity index (χ0n) is 11.6. The van der Waals surface area contributed by atoms with Crippen molar-refractivity contribution in [1.82, 2.24) is 4.90 Å². The molecule has 4 heteroatoms. The number of carbonyl (C=O) groups is 1. The van der Waals surface area contributed by atoms with Gasteiger partial charge in [-0.2, -0.15) is 0 Å². The van der Waals surface area contributed by atoms with Crippen LogP contribution in [0.4, 0.5) is 0 Å². The van der Waals surface area contributed by atoms with E-state index in [-0.39, 0.29) is 11.9 Å². The first-order valence-corrected chi connectivity index (χ1v) is 6.57. The Kier molecular flexibility index (Phi) is 5.90. The second-order valence-electron chi connectivity index (χ2n) is 4.44. The van der Waals surface area contributed by atoms with E-state index in [0.717, 1.165) is 11.3 Å². The number of para-hydroxylation sites is 1. The molecule has 0 aliphatic heterocycles. The summed E-state index contributed by atoms with van der Waals surface area (Å²) in [6.45, 7) is 5.57. The lowest BCUT2D eigenvalue weighted by atomic mass is 10.1. The third-order valence-corrected chi connectivity index (χ3v) is 3.36. The van der Waals surface area contributed by atoms with E-state index < -0.39 is 0 Å². The van der Waals surface area contributed by atoms with Crippen LogP contribution in [0.3, 0.4) is 0 Å². The van der Waals surface area contributed by atoms with Gasteiger partial charge in [0.2, 0.25) is 5.91 Å². The molecule has 1 aromatic carbocycles. The van der Waals surface area contributed by atoms with Crippen LogP contribution in [0.5, 0.6) is 5.75 Å². The predicted molar refractivity (Wildman–Crippen MR) is 78.4 cm³/mol. The molecule has 0 aliphatic rings. The van der Waals surface area contributed by atoms with Crippen molar-refractivity contribution in [2.24, 2.45) is 0 Å². The first kappa shape index (κ1) is 15.6. The molecule has 0 spiro atoms. The molecule has 3 nitrogen and oxygen atoms in total. The number of amides is 1. The van der Waals surface area contributed by atoms with Crippen LogP contribution >= 0.6 is 11.6 Å². The van der Waals surface area contributed by atoms with Gasteiger partial charge >= 0.3 is 0 Å². The highest BCUT2D eigenvalue weighted by molar-refractivity contribution is 6.29. The van der Waals surface area contributed by atoms with Crippen LogP contribution in [-0.4, -0.2) is 25.0 Å². The number of allylic oxidation sites excluding steroid dienone is 1. The first-order chi connectivity index (χ1) is 8.97. The van der Waals surface area contributed by atoms with E-state index in [9.17, 15) is 4.79 Å². The highest BCUT2D eigenvalue weighted by atomic mass is 35.5. The van der Waals surface area contributed by atoms with Gasteiger partial charge in [0.15, 0.2) is 0 Å². The van der Waals surface area contributed by atoms with E-state index in [4.69, 9.17) is 16.3 Å². The minimum atomic E-state index is -0.0489. The number of rotatable bonds is 6. The molecule has 0 aromatic heterocycles. The smallest absolute Gasteiger partial charge is 0.223 e. The van der Waals surface area contributed by atoms with Crippen LogP contribution in [0.25, 0.3) is 0 Å². The third kappa shape index (κ3) is 4.28. The number of hydrogen-bond acceptors (Lipinski definition) is 2. The van der Waals surface area contributed by atoms with Crippen molar-refractivity contribution < 1.29 is 9.53 Å². The average Bonchev–Trinajstić information content (AvgIpc) is 2.42. The van der Waals surface area contributed by atoms with E-state index in [1.807, 2.05) is 31.2 Å². The van der Waals surface area contributed by atoms with E-state index in [1.54, 1.807) is 19.1 Å². The molecule has 0 unspecified atom stereocenters. The summed E-state index contributed by atoms with van der Waals surface area (Å²) in [4.78, 5) is 13.8. The molecule has 1 atom stereocenters. The highest BCUT2D eigenvalue weighted by Crippen LogP contribution is 2.28. The van der Waals surface area contributed by atoms with Crippen molar-refractivity contribution in [2.75, 3.05) is 14.2 Å². The minimum Gasteiger partial charge on any atom is -0.496 e. The van der Waals surface area contributed by atoms with Crippen molar-refractivity contribution in [3.63, 3.8) is 0 Å². The Morgan fingerprint density at radius 3 is 2.63 bits per heavy atom. The number of benzene rings is 1. The van der Waals surface area contributed by atoms with E-state index in [1.165, 1.54) is 0 Å². The molecule has 19 heavy (non-hydrogen) atoms. The maximum atomic E-state index is 12.0. The Hall–Kier alpha value is -1.48. The van der Waals surface area contributed by atoms with Crippen LogP contribution in [0.2, 0.25) is 0 Å². The number of nitrogens with zero attached hydrogens (tertiary/aromatic N) is 1. The molecule has 0 radical (unpaired) electrons. The van der Waals surface area contributed by atoms with Gasteiger partial charge in [0, 0.05) is 24.1 Å². The van der Waals surface area contributed by atoms with Crippen molar-refractivity contribution in [1.29, 1.82) is 0 Å². The molecule has 0 bridgehead atoms. The first-order valence-electron chi connectivity index (χ1n) is 6.19. The fourth-order valence-electron chi connectivity index (χ4n) is 1.86. The lowest BCUT2D eigenvalue weighted by molar-refractivity contribution is -0.131. The summed E-state index contributed by atoms with van der Waals surface area (Å²) >= 11 is 5.69. The molecular formula is C15H20ClNO2. The molecule has 1 aromatic rings. The summed E-state index contributed by atoms with van der Waals surface area (Å²) in [5.41, 5.74) is 0.991. The quantitative estimate of drug-likeness (QED) is 0.795. The average molecular weight is 282 g/mol. The number of halogens is 1. The van der Waals surface area contributed by atoms with Gasteiger partial charge in [0.05, 0.1) is 13.2 Å². The second-order valence-corrected chi connectivity index (χ2v) is 4.97. The largest absolute Gasteiger partial charge is 0.496 e. The standard InChI is InChI=1S/C15H20ClNO2/c1-11(16)9-10-15(18)17(3)12(2)13-7-5-6-8-14(13)19-4/h5-8,12H,1,9-10H2,2-4H3/t12-/m0/s1. The zero-order valence-corrected chi connectivity index (χ0v) is 12.4. The molecule has 1 amide bonds. The Balaban J connectivity index is 2.78. The molecule has 0 heterocycles. The summed E-state index contributed by atoms with van der Waals surface area (Å²) < 4.78 is 5.32. The summed E-state index contributed by atoms with van der Waals surface area (Å²) in [6.07, 6.45) is 0.877. The van der Waals surface area contributed by atoms with E-state index >= 15 is 0 Å². The van der Waals surface area contributed by atoms with Crippen LogP contribution in [0.15, 0.2) is 35.9 Å². The highest BCUT2D eigenvalue weighted by Gasteiger charge is 2.19. The van der Waals surface area contributed by atoms with Crippen LogP contribution in [-0.2, 0) is 4.79 Å². The van der Waals surface area contributed by atoms with Crippen LogP contribution in [0, 0.1) is 0 Å². The molecule has 0 aliphatic carbocycles. The lowest BCUT2D eigenvalue weighted by Crippen LogP contribution is -2.29. The van der Waals surface area contributed by atoms with Gasteiger partial charge in [-0.05, 0) is 19.4 Å². The van der Waals surface area contributed by atoms with Crippen LogP contribution < -0.4 is 4.74 Å². The summed E-state index contributed by atoms with van der Waals surface area (Å²) in [5, 5.41) is 0.506. The Morgan fingerprint density at radius 1 is 1.42 bits per heavy atom. The number of methoxy groups -OCH3 is 1. The van der Waals surface area contributed by atoms with Gasteiger partial charge in [-0.25, -0.2) is 0 Å². The van der Waals surface area contributed by atoms with E-state index in [0.29, 0.717) is 17.9 Å². The normalized spacial score (nSPS) is 11.8. The van der Waals surface area contributed by atoms with Crippen molar-refractivity contribution in [3.05, 3.63) is 41.4 Å². The Bertz CT molecular complexity index is 459. The lowest BCUT2D eigenvalue weighted by Gasteiger charge is -2.26. The van der Waals surface area contributed by atoms with Gasteiger partial charge in [0.25, 0.3) is 0 Å². The van der Waals surface area contributed by atoms with Crippen LogP contribution in [0.1, 0.15) is 31.4 Å². The maximum Gasteiger partial charge on any atom is 0.223 e. The monoisotopic (exact) mass is 281 g/mol. The number of hydrogen-bond donors (Lipinski definition) is 0. The summed E-state index contributed by atoms with van der Waals surface area (Å²) in [6, 6.07) is 7.66. The van der Waals surface area contributed by atoms with Gasteiger partial charge in [-0.1, -0.05) is 36.4 Å². The minimum absolute atomic E-state index is 0.0419. The van der Waals surface area contributed by atoms with E-state index in [2.05, 4.69) is 6.58 Å². The van der Waals surface area contributed by atoms with Gasteiger partial charge in [-0.3, -0.25) is 4.79 Å². The fraction of sp³-hybridized carbons (Fsp3) is 0.400. The Morgan fingerprint density at radius 2 is 2.05 bits per heavy atom. The third-order valence-electron chi connectivity index (χ3n) is 3.17. The molecular weight excluding hydrogens is 262 g/mol. The molecule has 104 valence electrons. The second kappa shape index (κ2) is 7.19. The zero-order chi connectivity index (χ0) is 14.4. The molecule has 0 saturated heterocycles. The van der Waals surface area contributed by atoms with Gasteiger partial charge < -0.3 is 9.64 Å². The van der Waals surface area contributed by atoms with Crippen molar-refractivity contribution in [3.8, 4) is 5.75 Å². The topological polar surface area (TPSA) is 29.5 Å². The SMILES string of the molecule is C=C(Cl)CCC(=O)N(C)[C@@H](C)c1ccccc1OC. The molecule has 0 fully saturated rings. The number of ether oxygens (including phenoxy) is 1. The maximum absolute atomic E-state index is 12.0. The predicted octanol–water partition coefficient (Wildman–Crippen LogP) is 3.75. The van der Waals surface area contributed by atoms with Crippen molar-refractivity contribution >= 4 is 17.5 Å². The molecule has 0 N–H and O–H groups in total. The van der Waals surface area contributed by atoms with Gasteiger partial charge in [0.1, 0.15) is 5.75 Å². The Labute approximate surface area is 119 Å². The fourth-order valence-corrected chi connectivity index (χ4v) is 1.95.